The van der Waals surface area contributed by atoms with Gasteiger partial charge in [-0.15, -0.1) is 0 Å². The normalized spacial score (nSPS) is 15.4. The van der Waals surface area contributed by atoms with Crippen LogP contribution in [0.25, 0.3) is 0 Å². The topological polar surface area (TPSA) is 32.7 Å². The summed E-state index contributed by atoms with van der Waals surface area (Å²) >= 11 is 0. The van der Waals surface area contributed by atoms with Crippen LogP contribution in [-0.4, -0.2) is 35.8 Å². The van der Waals surface area contributed by atoms with E-state index in [9.17, 15) is 5.11 Å². The molecule has 1 aliphatic heterocycles. The summed E-state index contributed by atoms with van der Waals surface area (Å²) in [5.41, 5.74) is 5.01. The zero-order valence-corrected chi connectivity index (χ0v) is 16.1. The van der Waals surface area contributed by atoms with Gasteiger partial charge >= 0.3 is 0 Å². The highest BCUT2D eigenvalue weighted by Crippen LogP contribution is 2.26. The number of benzene rings is 3. The van der Waals surface area contributed by atoms with Gasteiger partial charge in [-0.2, -0.15) is 0 Å². The van der Waals surface area contributed by atoms with E-state index in [1.54, 1.807) is 0 Å². The predicted molar refractivity (Wildman–Crippen MR) is 112 cm³/mol. The third kappa shape index (κ3) is 4.68. The molecule has 0 aliphatic carbocycles. The molecule has 0 radical (unpaired) electrons. The van der Waals surface area contributed by atoms with Crippen LogP contribution in [0.2, 0.25) is 0 Å². The van der Waals surface area contributed by atoms with E-state index in [2.05, 4.69) is 53.4 Å². The summed E-state index contributed by atoms with van der Waals surface area (Å²) in [4.78, 5) is 2.32. The van der Waals surface area contributed by atoms with Crippen LogP contribution >= 0.6 is 0 Å². The molecule has 1 heterocycles. The molecule has 0 spiro atoms. The first-order valence-corrected chi connectivity index (χ1v) is 9.98. The maximum atomic E-state index is 10.6. The van der Waals surface area contributed by atoms with Crippen LogP contribution in [0.1, 0.15) is 28.4 Å². The van der Waals surface area contributed by atoms with Gasteiger partial charge in [0.15, 0.2) is 0 Å². The zero-order valence-electron chi connectivity index (χ0n) is 16.1. The van der Waals surface area contributed by atoms with E-state index in [-0.39, 0.29) is 6.10 Å². The van der Waals surface area contributed by atoms with Crippen molar-refractivity contribution < 1.29 is 9.84 Å². The maximum Gasteiger partial charge on any atom is 0.108 e. The molecular formula is C25H27NO2. The SMILES string of the molecule is O[C@H](COC(c1ccccc1)c1ccccc1)CN1CCc2ccccc2C1. The molecule has 3 nitrogen and oxygen atoms in total. The lowest BCUT2D eigenvalue weighted by atomic mass is 10.00. The van der Waals surface area contributed by atoms with Gasteiger partial charge in [-0.3, -0.25) is 4.90 Å². The summed E-state index contributed by atoms with van der Waals surface area (Å²) < 4.78 is 6.21. The van der Waals surface area contributed by atoms with E-state index in [0.29, 0.717) is 13.2 Å². The van der Waals surface area contributed by atoms with E-state index >= 15 is 0 Å². The molecule has 0 saturated carbocycles. The molecule has 0 amide bonds. The fourth-order valence-electron chi connectivity index (χ4n) is 3.91. The Morgan fingerprint density at radius 2 is 1.36 bits per heavy atom. The van der Waals surface area contributed by atoms with Crippen LogP contribution < -0.4 is 0 Å². The van der Waals surface area contributed by atoms with Crippen molar-refractivity contribution >= 4 is 0 Å². The summed E-state index contributed by atoms with van der Waals surface area (Å²) in [6.45, 7) is 2.82. The molecule has 28 heavy (non-hydrogen) atoms. The highest BCUT2D eigenvalue weighted by atomic mass is 16.5. The first kappa shape index (κ1) is 18.9. The highest BCUT2D eigenvalue weighted by Gasteiger charge is 2.20. The van der Waals surface area contributed by atoms with Crippen LogP contribution in [0.3, 0.4) is 0 Å². The van der Waals surface area contributed by atoms with Gasteiger partial charge < -0.3 is 9.84 Å². The number of rotatable bonds is 7. The Hall–Kier alpha value is -2.46. The number of ether oxygens (including phenoxy) is 1. The third-order valence-electron chi connectivity index (χ3n) is 5.34. The second kappa shape index (κ2) is 9.16. The van der Waals surface area contributed by atoms with E-state index < -0.39 is 6.10 Å². The Balaban J connectivity index is 1.38. The first-order chi connectivity index (χ1) is 13.8. The van der Waals surface area contributed by atoms with E-state index in [1.807, 2.05) is 36.4 Å². The number of hydrogen-bond acceptors (Lipinski definition) is 3. The standard InChI is InChI=1S/C25H27NO2/c27-24(18-26-16-15-20-9-7-8-14-23(20)17-26)19-28-25(21-10-3-1-4-11-21)22-12-5-2-6-13-22/h1-14,24-25,27H,15-19H2/t24-/m0/s1. The molecule has 1 atom stereocenters. The fraction of sp³-hybridized carbons (Fsp3) is 0.280. The van der Waals surface area contributed by atoms with Crippen LogP contribution in [-0.2, 0) is 17.7 Å². The van der Waals surface area contributed by atoms with E-state index in [1.165, 1.54) is 11.1 Å². The van der Waals surface area contributed by atoms with Gasteiger partial charge in [0.2, 0.25) is 0 Å². The molecule has 0 fully saturated rings. The molecule has 0 aromatic heterocycles. The molecule has 4 rings (SSSR count). The van der Waals surface area contributed by atoms with Crippen molar-refractivity contribution in [2.24, 2.45) is 0 Å². The summed E-state index contributed by atoms with van der Waals surface area (Å²) in [6.07, 6.45) is 0.361. The highest BCUT2D eigenvalue weighted by molar-refractivity contribution is 5.30. The second-order valence-electron chi connectivity index (χ2n) is 7.44. The first-order valence-electron chi connectivity index (χ1n) is 9.98. The molecule has 3 heteroatoms. The fourth-order valence-corrected chi connectivity index (χ4v) is 3.91. The Morgan fingerprint density at radius 1 is 0.786 bits per heavy atom. The van der Waals surface area contributed by atoms with Crippen LogP contribution in [0.15, 0.2) is 84.9 Å². The van der Waals surface area contributed by atoms with Crippen LogP contribution in [0.5, 0.6) is 0 Å². The molecule has 0 unspecified atom stereocenters. The molecule has 144 valence electrons. The lowest BCUT2D eigenvalue weighted by Crippen LogP contribution is -2.38. The molecule has 1 aliphatic rings. The van der Waals surface area contributed by atoms with Crippen molar-refractivity contribution in [1.29, 1.82) is 0 Å². The molecule has 1 N–H and O–H groups in total. The molecule has 3 aromatic carbocycles. The summed E-state index contributed by atoms with van der Waals surface area (Å²) in [6, 6.07) is 29.0. The minimum Gasteiger partial charge on any atom is -0.389 e. The molecular weight excluding hydrogens is 346 g/mol. The number of hydrogen-bond donors (Lipinski definition) is 1. The lowest BCUT2D eigenvalue weighted by molar-refractivity contribution is -0.0100. The van der Waals surface area contributed by atoms with Crippen LogP contribution in [0, 0.1) is 0 Å². The quantitative estimate of drug-likeness (QED) is 0.673. The monoisotopic (exact) mass is 373 g/mol. The van der Waals surface area contributed by atoms with Gasteiger partial charge in [-0.05, 0) is 28.7 Å². The Labute approximate surface area is 167 Å². The predicted octanol–water partition coefficient (Wildman–Crippen LogP) is 4.21. The molecule has 3 aromatic rings. The van der Waals surface area contributed by atoms with Gasteiger partial charge in [-0.1, -0.05) is 84.9 Å². The van der Waals surface area contributed by atoms with Crippen molar-refractivity contribution in [3.05, 3.63) is 107 Å². The van der Waals surface area contributed by atoms with Crippen molar-refractivity contribution in [2.75, 3.05) is 19.7 Å². The van der Waals surface area contributed by atoms with Crippen LogP contribution in [0.4, 0.5) is 0 Å². The van der Waals surface area contributed by atoms with Crippen molar-refractivity contribution in [1.82, 2.24) is 4.90 Å². The average Bonchev–Trinajstić information content (AvgIpc) is 2.75. The number of aliphatic hydroxyl groups is 1. The zero-order chi connectivity index (χ0) is 19.2. The number of fused-ring (bicyclic) bond motifs is 1. The summed E-state index contributed by atoms with van der Waals surface area (Å²) in [7, 11) is 0. The molecule has 0 bridgehead atoms. The minimum atomic E-state index is -0.514. The summed E-state index contributed by atoms with van der Waals surface area (Å²) in [5.74, 6) is 0. The third-order valence-corrected chi connectivity index (χ3v) is 5.34. The van der Waals surface area contributed by atoms with Gasteiger partial charge in [0, 0.05) is 19.6 Å². The Morgan fingerprint density at radius 3 is 2.00 bits per heavy atom. The van der Waals surface area contributed by atoms with E-state index in [4.69, 9.17) is 4.74 Å². The molecule has 0 saturated heterocycles. The smallest absolute Gasteiger partial charge is 0.108 e. The lowest BCUT2D eigenvalue weighted by Gasteiger charge is -2.30. The Kier molecular flexibility index (Phi) is 6.17. The summed E-state index contributed by atoms with van der Waals surface area (Å²) in [5, 5.41) is 10.6. The largest absolute Gasteiger partial charge is 0.389 e. The number of aliphatic hydroxyl groups excluding tert-OH is 1. The van der Waals surface area contributed by atoms with Crippen molar-refractivity contribution in [3.8, 4) is 0 Å². The second-order valence-corrected chi connectivity index (χ2v) is 7.44. The number of nitrogens with zero attached hydrogens (tertiary/aromatic N) is 1. The van der Waals surface area contributed by atoms with E-state index in [0.717, 1.165) is 30.6 Å². The number of β-amino-alcohol motifs (C(OH)–C–C–N with tert-alkyl or cyclic N) is 1. The minimum absolute atomic E-state index is 0.167. The average molecular weight is 373 g/mol. The van der Waals surface area contributed by atoms with Gasteiger partial charge in [0.05, 0.1) is 12.7 Å². The van der Waals surface area contributed by atoms with Crippen molar-refractivity contribution in [2.45, 2.75) is 25.2 Å². The van der Waals surface area contributed by atoms with Gasteiger partial charge in [0.1, 0.15) is 6.10 Å². The van der Waals surface area contributed by atoms with Gasteiger partial charge in [-0.25, -0.2) is 0 Å². The maximum absolute atomic E-state index is 10.6. The Bertz CT molecular complexity index is 826. The van der Waals surface area contributed by atoms with Crippen molar-refractivity contribution in [3.63, 3.8) is 0 Å². The van der Waals surface area contributed by atoms with Gasteiger partial charge in [0.25, 0.3) is 0 Å².